The summed E-state index contributed by atoms with van der Waals surface area (Å²) in [5.41, 5.74) is 8.06. The van der Waals surface area contributed by atoms with Gasteiger partial charge in [-0.25, -0.2) is 0 Å². The summed E-state index contributed by atoms with van der Waals surface area (Å²) in [6.07, 6.45) is 6.18. The van der Waals surface area contributed by atoms with Crippen molar-refractivity contribution in [3.05, 3.63) is 52.2 Å². The van der Waals surface area contributed by atoms with E-state index in [0.29, 0.717) is 0 Å². The van der Waals surface area contributed by atoms with Crippen molar-refractivity contribution in [2.75, 3.05) is 0 Å². The second-order valence-corrected chi connectivity index (χ2v) is 4.56. The summed E-state index contributed by atoms with van der Waals surface area (Å²) in [6.45, 7) is 8.80. The summed E-state index contributed by atoms with van der Waals surface area (Å²) in [6, 6.07) is 4.48. The van der Waals surface area contributed by atoms with Gasteiger partial charge >= 0.3 is 0 Å². The Bertz CT molecular complexity index is 492. The first-order valence-corrected chi connectivity index (χ1v) is 6.39. The number of benzene rings is 1. The SMILES string of the molecule is CCc1ccc(C2=C(C)C=C[N]2)c(C)c1CC. The standard InChI is InChI=1S/C16H20N/c1-5-13-7-8-15(12(4)14(13)6-2)16-11(3)9-10-17-16/h7-10H,5-6H2,1-4H3. The monoisotopic (exact) mass is 226 g/mol. The molecule has 0 amide bonds. The van der Waals surface area contributed by atoms with Crippen LogP contribution in [0.15, 0.2) is 30.0 Å². The van der Waals surface area contributed by atoms with Crippen LogP contribution in [0, 0.1) is 6.92 Å². The molecule has 0 spiro atoms. The molecule has 89 valence electrons. The quantitative estimate of drug-likeness (QED) is 0.740. The van der Waals surface area contributed by atoms with Crippen LogP contribution in [0.25, 0.3) is 5.70 Å². The minimum absolute atomic E-state index is 1.10. The summed E-state index contributed by atoms with van der Waals surface area (Å²) in [5.74, 6) is 0. The minimum atomic E-state index is 1.10. The molecule has 2 rings (SSSR count). The first-order valence-electron chi connectivity index (χ1n) is 6.39. The number of rotatable bonds is 3. The van der Waals surface area contributed by atoms with Crippen LogP contribution in [-0.4, -0.2) is 0 Å². The van der Waals surface area contributed by atoms with E-state index in [0.717, 1.165) is 18.5 Å². The Labute approximate surface area is 104 Å². The molecule has 1 nitrogen and oxygen atoms in total. The first kappa shape index (κ1) is 12.0. The lowest BCUT2D eigenvalue weighted by Crippen LogP contribution is -2.02. The number of hydrogen-bond donors (Lipinski definition) is 0. The maximum absolute atomic E-state index is 4.48. The second-order valence-electron chi connectivity index (χ2n) is 4.56. The van der Waals surface area contributed by atoms with Crippen LogP contribution >= 0.6 is 0 Å². The Balaban J connectivity index is 2.54. The molecule has 0 fully saturated rings. The molecular weight excluding hydrogens is 206 g/mol. The molecule has 0 atom stereocenters. The van der Waals surface area contributed by atoms with Crippen molar-refractivity contribution >= 4 is 5.70 Å². The third kappa shape index (κ3) is 2.02. The average molecular weight is 226 g/mol. The molecule has 1 heterocycles. The molecule has 1 aliphatic heterocycles. The zero-order chi connectivity index (χ0) is 12.4. The summed E-state index contributed by atoms with van der Waals surface area (Å²) in [4.78, 5) is 0. The van der Waals surface area contributed by atoms with Crippen LogP contribution in [0.3, 0.4) is 0 Å². The van der Waals surface area contributed by atoms with E-state index in [1.807, 2.05) is 6.20 Å². The van der Waals surface area contributed by atoms with Crippen molar-refractivity contribution in [1.82, 2.24) is 5.32 Å². The van der Waals surface area contributed by atoms with Crippen LogP contribution in [0.1, 0.15) is 43.0 Å². The van der Waals surface area contributed by atoms with E-state index in [1.165, 1.54) is 27.8 Å². The van der Waals surface area contributed by atoms with Crippen molar-refractivity contribution in [3.63, 3.8) is 0 Å². The molecule has 1 radical (unpaired) electrons. The Kier molecular flexibility index (Phi) is 3.37. The van der Waals surface area contributed by atoms with Gasteiger partial charge in [-0.15, -0.1) is 0 Å². The molecule has 1 aromatic carbocycles. The maximum Gasteiger partial charge on any atom is 0.0734 e. The van der Waals surface area contributed by atoms with Gasteiger partial charge in [0, 0.05) is 11.8 Å². The normalized spacial score (nSPS) is 14.4. The first-order chi connectivity index (χ1) is 8.19. The van der Waals surface area contributed by atoms with Gasteiger partial charge < -0.3 is 0 Å². The molecule has 0 unspecified atom stereocenters. The van der Waals surface area contributed by atoms with Crippen molar-refractivity contribution in [2.24, 2.45) is 0 Å². The Hall–Kier alpha value is -1.50. The number of allylic oxidation sites excluding steroid dienone is 2. The molecule has 0 saturated carbocycles. The predicted octanol–water partition coefficient (Wildman–Crippen LogP) is 3.98. The lowest BCUT2D eigenvalue weighted by atomic mass is 9.92. The summed E-state index contributed by atoms with van der Waals surface area (Å²) in [5, 5.41) is 4.48. The minimum Gasteiger partial charge on any atom is -0.256 e. The third-order valence-corrected chi connectivity index (χ3v) is 3.59. The Morgan fingerprint density at radius 2 is 1.82 bits per heavy atom. The van der Waals surface area contributed by atoms with Gasteiger partial charge in [0.15, 0.2) is 0 Å². The molecule has 0 bridgehead atoms. The van der Waals surface area contributed by atoms with E-state index in [-0.39, 0.29) is 0 Å². The summed E-state index contributed by atoms with van der Waals surface area (Å²) >= 11 is 0. The van der Waals surface area contributed by atoms with Gasteiger partial charge in [-0.05, 0) is 55.0 Å². The van der Waals surface area contributed by atoms with Crippen molar-refractivity contribution < 1.29 is 0 Å². The van der Waals surface area contributed by atoms with Gasteiger partial charge in [-0.2, -0.15) is 0 Å². The van der Waals surface area contributed by atoms with Gasteiger partial charge in [0.1, 0.15) is 0 Å². The van der Waals surface area contributed by atoms with E-state index in [4.69, 9.17) is 0 Å². The van der Waals surface area contributed by atoms with Crippen molar-refractivity contribution in [3.8, 4) is 0 Å². The number of aryl methyl sites for hydroxylation is 1. The number of nitrogens with zero attached hydrogens (tertiary/aromatic N) is 1. The lowest BCUT2D eigenvalue weighted by molar-refractivity contribution is 1.01. The highest BCUT2D eigenvalue weighted by Gasteiger charge is 2.14. The van der Waals surface area contributed by atoms with E-state index >= 15 is 0 Å². The second kappa shape index (κ2) is 4.79. The van der Waals surface area contributed by atoms with E-state index in [2.05, 4.69) is 51.2 Å². The topological polar surface area (TPSA) is 14.1 Å². The fourth-order valence-corrected chi connectivity index (χ4v) is 2.58. The van der Waals surface area contributed by atoms with Crippen molar-refractivity contribution in [2.45, 2.75) is 40.5 Å². The average Bonchev–Trinajstić information content (AvgIpc) is 2.75. The molecular formula is C16H20N. The molecule has 1 heteroatoms. The zero-order valence-corrected chi connectivity index (χ0v) is 11.2. The highest BCUT2D eigenvalue weighted by atomic mass is 14.9. The van der Waals surface area contributed by atoms with Crippen LogP contribution in [-0.2, 0) is 12.8 Å². The van der Waals surface area contributed by atoms with Gasteiger partial charge in [-0.3, -0.25) is 5.32 Å². The van der Waals surface area contributed by atoms with Crippen LogP contribution in [0.4, 0.5) is 0 Å². The zero-order valence-electron chi connectivity index (χ0n) is 11.2. The fourth-order valence-electron chi connectivity index (χ4n) is 2.58. The van der Waals surface area contributed by atoms with Crippen molar-refractivity contribution in [1.29, 1.82) is 0 Å². The van der Waals surface area contributed by atoms with E-state index in [9.17, 15) is 0 Å². The third-order valence-electron chi connectivity index (χ3n) is 3.59. The molecule has 0 aromatic heterocycles. The van der Waals surface area contributed by atoms with Crippen LogP contribution in [0.2, 0.25) is 0 Å². The van der Waals surface area contributed by atoms with Gasteiger partial charge in [-0.1, -0.05) is 26.0 Å². The molecule has 17 heavy (non-hydrogen) atoms. The Morgan fingerprint density at radius 3 is 2.35 bits per heavy atom. The summed E-state index contributed by atoms with van der Waals surface area (Å²) < 4.78 is 0. The fraction of sp³-hybridized carbons (Fsp3) is 0.375. The Morgan fingerprint density at radius 1 is 1.06 bits per heavy atom. The van der Waals surface area contributed by atoms with E-state index in [1.54, 1.807) is 0 Å². The molecule has 1 aliphatic rings. The molecule has 1 aromatic rings. The largest absolute Gasteiger partial charge is 0.256 e. The summed E-state index contributed by atoms with van der Waals surface area (Å²) in [7, 11) is 0. The lowest BCUT2D eigenvalue weighted by Gasteiger charge is -2.15. The van der Waals surface area contributed by atoms with Gasteiger partial charge in [0.05, 0.1) is 5.70 Å². The van der Waals surface area contributed by atoms with Crippen LogP contribution in [0.5, 0.6) is 0 Å². The van der Waals surface area contributed by atoms with Crippen LogP contribution < -0.4 is 5.32 Å². The molecule has 0 N–H and O–H groups in total. The van der Waals surface area contributed by atoms with Gasteiger partial charge in [0.2, 0.25) is 0 Å². The predicted molar refractivity (Wildman–Crippen MR) is 73.8 cm³/mol. The number of hydrogen-bond acceptors (Lipinski definition) is 0. The highest BCUT2D eigenvalue weighted by molar-refractivity contribution is 5.75. The van der Waals surface area contributed by atoms with E-state index < -0.39 is 0 Å². The molecule has 0 saturated heterocycles. The van der Waals surface area contributed by atoms with Gasteiger partial charge in [0.25, 0.3) is 0 Å². The maximum atomic E-state index is 4.48. The highest BCUT2D eigenvalue weighted by Crippen LogP contribution is 2.29. The molecule has 0 aliphatic carbocycles. The smallest absolute Gasteiger partial charge is 0.0734 e.